The Morgan fingerprint density at radius 1 is 1.15 bits per heavy atom. The van der Waals surface area contributed by atoms with Crippen molar-refractivity contribution in [3.63, 3.8) is 0 Å². The van der Waals surface area contributed by atoms with Gasteiger partial charge in [0.05, 0.1) is 0 Å². The van der Waals surface area contributed by atoms with Crippen LogP contribution in [0.3, 0.4) is 0 Å². The third-order valence-corrected chi connectivity index (χ3v) is 4.20. The van der Waals surface area contributed by atoms with Gasteiger partial charge in [-0.3, -0.25) is 0 Å². The molecule has 7 heteroatoms. The van der Waals surface area contributed by atoms with E-state index in [-0.39, 0.29) is 17.3 Å². The number of sulfonamides is 1. The van der Waals surface area contributed by atoms with Crippen molar-refractivity contribution in [2.24, 2.45) is 5.14 Å². The van der Waals surface area contributed by atoms with Crippen LogP contribution >= 0.6 is 27.5 Å². The number of primary sulfonamides is 1. The lowest BCUT2D eigenvalue weighted by Crippen LogP contribution is -2.14. The fourth-order valence-electron chi connectivity index (χ4n) is 1.57. The second-order valence-corrected chi connectivity index (χ2v) is 6.93. The normalized spacial score (nSPS) is 11.3. The number of hydrogen-bond donors (Lipinski definition) is 1. The van der Waals surface area contributed by atoms with Crippen LogP contribution in [0.2, 0.25) is 5.02 Å². The molecule has 0 aliphatic carbocycles. The van der Waals surface area contributed by atoms with Gasteiger partial charge in [0.25, 0.3) is 0 Å². The first-order valence-corrected chi connectivity index (χ1v) is 8.27. The number of rotatable bonds is 4. The van der Waals surface area contributed by atoms with Gasteiger partial charge >= 0.3 is 0 Å². The van der Waals surface area contributed by atoms with Crippen molar-refractivity contribution in [1.29, 1.82) is 0 Å². The van der Waals surface area contributed by atoms with Crippen molar-refractivity contribution >= 4 is 37.6 Å². The van der Waals surface area contributed by atoms with Gasteiger partial charge in [0, 0.05) is 9.50 Å². The number of benzene rings is 2. The maximum atomic E-state index is 11.5. The molecule has 2 aromatic rings. The van der Waals surface area contributed by atoms with Crippen LogP contribution in [0, 0.1) is 0 Å². The minimum Gasteiger partial charge on any atom is -0.487 e. The molecule has 2 aromatic carbocycles. The van der Waals surface area contributed by atoms with Crippen molar-refractivity contribution in [2.75, 3.05) is 0 Å². The Morgan fingerprint density at radius 2 is 1.80 bits per heavy atom. The molecule has 0 unspecified atom stereocenters. The van der Waals surface area contributed by atoms with Crippen molar-refractivity contribution in [2.45, 2.75) is 11.5 Å². The highest BCUT2D eigenvalue weighted by Gasteiger charge is 2.15. The van der Waals surface area contributed by atoms with E-state index in [0.717, 1.165) is 5.56 Å². The van der Waals surface area contributed by atoms with Crippen molar-refractivity contribution in [1.82, 2.24) is 0 Å². The van der Waals surface area contributed by atoms with E-state index in [0.29, 0.717) is 9.50 Å². The fourth-order valence-corrected chi connectivity index (χ4v) is 2.90. The molecule has 0 spiro atoms. The smallest absolute Gasteiger partial charge is 0.241 e. The average Bonchev–Trinajstić information content (AvgIpc) is 2.38. The Kier molecular flexibility index (Phi) is 4.70. The summed E-state index contributed by atoms with van der Waals surface area (Å²) in [6, 6.07) is 11.7. The summed E-state index contributed by atoms with van der Waals surface area (Å²) in [5.41, 5.74) is 0.873. The van der Waals surface area contributed by atoms with Crippen molar-refractivity contribution in [3.8, 4) is 5.75 Å². The molecule has 0 fully saturated rings. The Labute approximate surface area is 130 Å². The largest absolute Gasteiger partial charge is 0.487 e. The van der Waals surface area contributed by atoms with Crippen LogP contribution in [-0.2, 0) is 16.6 Å². The van der Waals surface area contributed by atoms with E-state index in [4.69, 9.17) is 21.5 Å². The van der Waals surface area contributed by atoms with Crippen molar-refractivity contribution in [3.05, 3.63) is 57.5 Å². The maximum absolute atomic E-state index is 11.5. The van der Waals surface area contributed by atoms with Gasteiger partial charge in [0.2, 0.25) is 10.0 Å². The molecule has 0 aromatic heterocycles. The molecule has 0 bridgehead atoms. The van der Waals surface area contributed by atoms with Gasteiger partial charge in [-0.05, 0) is 35.9 Å². The predicted molar refractivity (Wildman–Crippen MR) is 81.3 cm³/mol. The van der Waals surface area contributed by atoms with Crippen LogP contribution in [0.25, 0.3) is 0 Å². The third kappa shape index (κ3) is 3.96. The summed E-state index contributed by atoms with van der Waals surface area (Å²) in [5, 5.41) is 5.80. The summed E-state index contributed by atoms with van der Waals surface area (Å²) in [4.78, 5) is -0.0548. The molecule has 0 aliphatic rings. The molecule has 106 valence electrons. The van der Waals surface area contributed by atoms with E-state index in [9.17, 15) is 8.42 Å². The summed E-state index contributed by atoms with van der Waals surface area (Å²) < 4.78 is 29.2. The van der Waals surface area contributed by atoms with Gasteiger partial charge in [-0.2, -0.15) is 0 Å². The lowest BCUT2D eigenvalue weighted by molar-refractivity contribution is 0.298. The van der Waals surface area contributed by atoms with E-state index in [1.165, 1.54) is 6.07 Å². The van der Waals surface area contributed by atoms with Gasteiger partial charge in [0.1, 0.15) is 17.3 Å². The SMILES string of the molecule is NS(=O)(=O)c1cc(Br)ccc1OCc1ccc(Cl)cc1. The fraction of sp³-hybridized carbons (Fsp3) is 0.0769. The van der Waals surface area contributed by atoms with Crippen LogP contribution in [0.1, 0.15) is 5.56 Å². The highest BCUT2D eigenvalue weighted by molar-refractivity contribution is 9.10. The van der Waals surface area contributed by atoms with Crippen LogP contribution in [0.4, 0.5) is 0 Å². The molecule has 4 nitrogen and oxygen atoms in total. The first-order valence-electron chi connectivity index (χ1n) is 5.56. The summed E-state index contributed by atoms with van der Waals surface area (Å²) in [7, 11) is -3.84. The quantitative estimate of drug-likeness (QED) is 0.890. The number of hydrogen-bond acceptors (Lipinski definition) is 3. The van der Waals surface area contributed by atoms with E-state index in [2.05, 4.69) is 15.9 Å². The monoisotopic (exact) mass is 375 g/mol. The zero-order chi connectivity index (χ0) is 14.8. The Bertz CT molecular complexity index is 717. The highest BCUT2D eigenvalue weighted by atomic mass is 79.9. The van der Waals surface area contributed by atoms with E-state index in [1.54, 1.807) is 36.4 Å². The van der Waals surface area contributed by atoms with Gasteiger partial charge in [-0.1, -0.05) is 39.7 Å². The first-order chi connectivity index (χ1) is 9.36. The second-order valence-electron chi connectivity index (χ2n) is 4.05. The number of nitrogens with two attached hydrogens (primary N) is 1. The van der Waals surface area contributed by atoms with Gasteiger partial charge < -0.3 is 4.74 Å². The van der Waals surface area contributed by atoms with Gasteiger partial charge in [-0.25, -0.2) is 13.6 Å². The van der Waals surface area contributed by atoms with Crippen molar-refractivity contribution < 1.29 is 13.2 Å². The van der Waals surface area contributed by atoms with E-state index in [1.807, 2.05) is 0 Å². The minimum absolute atomic E-state index is 0.0548. The molecule has 0 radical (unpaired) electrons. The predicted octanol–water partition coefficient (Wildman–Crippen LogP) is 3.33. The van der Waals surface area contributed by atoms with Crippen LogP contribution in [0.15, 0.2) is 51.8 Å². The summed E-state index contributed by atoms with van der Waals surface area (Å²) in [6.45, 7) is 0.224. The van der Waals surface area contributed by atoms with Crippen LogP contribution in [-0.4, -0.2) is 8.42 Å². The Morgan fingerprint density at radius 3 is 2.40 bits per heavy atom. The molecule has 0 saturated heterocycles. The molecule has 2 N–H and O–H groups in total. The average molecular weight is 377 g/mol. The molecule has 0 atom stereocenters. The highest BCUT2D eigenvalue weighted by Crippen LogP contribution is 2.27. The number of ether oxygens (including phenoxy) is 1. The molecule has 0 heterocycles. The maximum Gasteiger partial charge on any atom is 0.241 e. The van der Waals surface area contributed by atoms with E-state index >= 15 is 0 Å². The first kappa shape index (κ1) is 15.3. The van der Waals surface area contributed by atoms with Gasteiger partial charge in [-0.15, -0.1) is 0 Å². The lowest BCUT2D eigenvalue weighted by atomic mass is 10.2. The molecular weight excluding hydrogens is 366 g/mol. The topological polar surface area (TPSA) is 69.4 Å². The summed E-state index contributed by atoms with van der Waals surface area (Å²) in [5.74, 6) is 0.214. The van der Waals surface area contributed by atoms with Crippen LogP contribution in [0.5, 0.6) is 5.75 Å². The van der Waals surface area contributed by atoms with E-state index < -0.39 is 10.0 Å². The molecule has 0 amide bonds. The minimum atomic E-state index is -3.84. The lowest BCUT2D eigenvalue weighted by Gasteiger charge is -2.10. The van der Waals surface area contributed by atoms with Gasteiger partial charge in [0.15, 0.2) is 0 Å². The zero-order valence-electron chi connectivity index (χ0n) is 10.2. The molecular formula is C13H11BrClNO3S. The third-order valence-electron chi connectivity index (χ3n) is 2.52. The molecule has 0 saturated carbocycles. The van der Waals surface area contributed by atoms with Crippen LogP contribution < -0.4 is 9.88 Å². The summed E-state index contributed by atoms with van der Waals surface area (Å²) in [6.07, 6.45) is 0. The Hall–Kier alpha value is -1.08. The zero-order valence-corrected chi connectivity index (χ0v) is 13.4. The Balaban J connectivity index is 2.23. The standard InChI is InChI=1S/C13H11BrClNO3S/c14-10-3-6-12(13(7-10)20(16,17)18)19-8-9-1-4-11(15)5-2-9/h1-7H,8H2,(H2,16,17,18). The number of halogens is 2. The molecule has 0 aliphatic heterocycles. The molecule has 2 rings (SSSR count). The molecule has 20 heavy (non-hydrogen) atoms. The second kappa shape index (κ2) is 6.13. The summed E-state index contributed by atoms with van der Waals surface area (Å²) >= 11 is 8.99.